The van der Waals surface area contributed by atoms with Gasteiger partial charge in [0.25, 0.3) is 0 Å². The van der Waals surface area contributed by atoms with E-state index in [0.717, 1.165) is 54.1 Å². The zero-order valence-electron chi connectivity index (χ0n) is 28.7. The Kier molecular flexibility index (Phi) is 13.7. The van der Waals surface area contributed by atoms with Crippen LogP contribution in [0, 0.1) is 12.7 Å². The molecule has 4 atom stereocenters. The van der Waals surface area contributed by atoms with Crippen molar-refractivity contribution in [2.24, 2.45) is 0 Å². The zero-order valence-corrected chi connectivity index (χ0v) is 29.5. The summed E-state index contributed by atoms with van der Waals surface area (Å²) in [6.07, 6.45) is -6.09. The van der Waals surface area contributed by atoms with E-state index in [9.17, 15) is 28.4 Å². The Morgan fingerprint density at radius 3 is 1.98 bits per heavy atom. The molecule has 0 aliphatic rings. The number of halogens is 1. The molecule has 0 saturated heterocycles. The fourth-order valence-electron chi connectivity index (χ4n) is 4.90. The molecule has 0 spiro atoms. The van der Waals surface area contributed by atoms with E-state index in [-0.39, 0.29) is 11.4 Å². The van der Waals surface area contributed by atoms with Crippen LogP contribution in [0.4, 0.5) is 4.39 Å². The molecule has 49 heavy (non-hydrogen) atoms. The van der Waals surface area contributed by atoms with Crippen molar-refractivity contribution in [3.63, 3.8) is 0 Å². The molecule has 0 fully saturated rings. The van der Waals surface area contributed by atoms with Crippen molar-refractivity contribution in [2.75, 3.05) is 13.7 Å². The highest BCUT2D eigenvalue weighted by Crippen LogP contribution is 2.31. The van der Waals surface area contributed by atoms with Crippen molar-refractivity contribution < 1.29 is 56.8 Å². The maximum Gasteiger partial charge on any atom is 0.303 e. The highest BCUT2D eigenvalue weighted by Gasteiger charge is 2.47. The lowest BCUT2D eigenvalue weighted by Crippen LogP contribution is -2.56. The predicted molar refractivity (Wildman–Crippen MR) is 177 cm³/mol. The van der Waals surface area contributed by atoms with Crippen LogP contribution in [-0.4, -0.2) is 73.6 Å². The predicted octanol–water partition coefficient (Wildman–Crippen LogP) is 5.76. The molecule has 0 aliphatic heterocycles. The molecular weight excluding hydrogens is 659 g/mol. The van der Waals surface area contributed by atoms with Gasteiger partial charge in [-0.05, 0) is 67.8 Å². The molecule has 3 aromatic rings. The number of Topliss-reactive ketones (excluding diaryl/α,β-unsaturated/α-hetero) is 1. The van der Waals surface area contributed by atoms with Crippen LogP contribution in [0.1, 0.15) is 67.9 Å². The van der Waals surface area contributed by atoms with Gasteiger partial charge >= 0.3 is 23.9 Å². The van der Waals surface area contributed by atoms with E-state index in [1.54, 1.807) is 30.3 Å². The molecule has 0 bridgehead atoms. The molecule has 1 heterocycles. The minimum atomic E-state index is -1.82. The number of hydrogen-bond donors (Lipinski definition) is 0. The van der Waals surface area contributed by atoms with Gasteiger partial charge in [0.05, 0.1) is 0 Å². The van der Waals surface area contributed by atoms with E-state index in [4.69, 9.17) is 28.4 Å². The van der Waals surface area contributed by atoms with Crippen molar-refractivity contribution in [3.8, 4) is 10.4 Å². The average molecular weight is 701 g/mol. The quantitative estimate of drug-likeness (QED) is 0.0779. The van der Waals surface area contributed by atoms with Crippen LogP contribution < -0.4 is 0 Å². The summed E-state index contributed by atoms with van der Waals surface area (Å²) in [4.78, 5) is 65.3. The Balaban J connectivity index is 2.06. The number of thiophene rings is 1. The van der Waals surface area contributed by atoms with Crippen LogP contribution in [0.25, 0.3) is 10.4 Å². The minimum absolute atomic E-state index is 0.121. The normalized spacial score (nSPS) is 13.8. The smallest absolute Gasteiger partial charge is 0.303 e. The zero-order chi connectivity index (χ0) is 36.5. The summed E-state index contributed by atoms with van der Waals surface area (Å²) in [5, 5.41) is 0. The molecule has 0 N–H and O–H groups in total. The number of carbonyl (C=O) groups is 5. The van der Waals surface area contributed by atoms with Crippen molar-refractivity contribution in [2.45, 2.75) is 85.1 Å². The Morgan fingerprint density at radius 1 is 0.796 bits per heavy atom. The molecule has 264 valence electrons. The first-order chi connectivity index (χ1) is 23.0. The second-order valence-electron chi connectivity index (χ2n) is 11.7. The van der Waals surface area contributed by atoms with Gasteiger partial charge in [0.2, 0.25) is 11.9 Å². The summed E-state index contributed by atoms with van der Waals surface area (Å²) in [7, 11) is 1.35. The van der Waals surface area contributed by atoms with E-state index in [0.29, 0.717) is 6.42 Å². The standard InChI is InChI=1S/C36H41FO11S/c1-20-9-10-26(17-27(20)18-29-15-16-31(49-29)25-11-13-28(37)14-12-25)32(42)34(46-23(4)40)35(47-24(5)41)33(45-22(3)39)30(19-44-21(2)38)48-36(6,7)43-8/h9-17,30,33-35H,18-19H2,1-8H3/t30-,33-,34+,35+/m1/s1. The van der Waals surface area contributed by atoms with Gasteiger partial charge in [0.1, 0.15) is 18.5 Å². The summed E-state index contributed by atoms with van der Waals surface area (Å²) < 4.78 is 46.6. The fraction of sp³-hybridized carbons (Fsp3) is 0.417. The molecule has 13 heteroatoms. The maximum absolute atomic E-state index is 14.3. The van der Waals surface area contributed by atoms with E-state index in [2.05, 4.69) is 0 Å². The number of ketones is 1. The number of rotatable bonds is 16. The SMILES string of the molecule is COC(C)(C)O[C@H](COC(C)=O)[C@@H](OC(C)=O)[C@H](OC(C)=O)[C@@H](OC(C)=O)C(=O)c1ccc(C)c(Cc2ccc(-c3ccc(F)cc3)s2)c1. The lowest BCUT2D eigenvalue weighted by molar-refractivity contribution is -0.263. The Morgan fingerprint density at radius 2 is 1.41 bits per heavy atom. The van der Waals surface area contributed by atoms with Gasteiger partial charge in [0, 0.05) is 56.5 Å². The first-order valence-electron chi connectivity index (χ1n) is 15.4. The van der Waals surface area contributed by atoms with Crippen molar-refractivity contribution >= 4 is 41.0 Å². The number of aryl methyl sites for hydroxylation is 1. The number of ether oxygens (including phenoxy) is 6. The summed E-state index contributed by atoms with van der Waals surface area (Å²) >= 11 is 1.52. The summed E-state index contributed by atoms with van der Waals surface area (Å²) in [6, 6.07) is 15.0. The maximum atomic E-state index is 14.3. The van der Waals surface area contributed by atoms with Crippen LogP contribution in [-0.2, 0) is 54.0 Å². The monoisotopic (exact) mass is 700 g/mol. The second kappa shape index (κ2) is 17.3. The molecule has 0 radical (unpaired) electrons. The van der Waals surface area contributed by atoms with Crippen molar-refractivity contribution in [3.05, 3.63) is 82.0 Å². The van der Waals surface area contributed by atoms with Crippen LogP contribution >= 0.6 is 11.3 Å². The summed E-state index contributed by atoms with van der Waals surface area (Å²) in [6.45, 7) is 8.84. The number of benzene rings is 2. The van der Waals surface area contributed by atoms with E-state index in [1.807, 2.05) is 19.1 Å². The molecular formula is C36H41FO11S. The minimum Gasteiger partial charge on any atom is -0.463 e. The lowest BCUT2D eigenvalue weighted by atomic mass is 9.93. The highest BCUT2D eigenvalue weighted by molar-refractivity contribution is 7.15. The van der Waals surface area contributed by atoms with Crippen molar-refractivity contribution in [1.82, 2.24) is 0 Å². The van der Waals surface area contributed by atoms with Gasteiger partial charge < -0.3 is 28.4 Å². The molecule has 0 aliphatic carbocycles. The first kappa shape index (κ1) is 39.0. The number of methoxy groups -OCH3 is 1. The summed E-state index contributed by atoms with van der Waals surface area (Å²) in [5.74, 6) is -5.73. The van der Waals surface area contributed by atoms with Gasteiger partial charge in [-0.15, -0.1) is 11.3 Å². The van der Waals surface area contributed by atoms with Crippen molar-refractivity contribution in [1.29, 1.82) is 0 Å². The third-order valence-corrected chi connectivity index (χ3v) is 8.44. The molecule has 0 saturated carbocycles. The van der Waals surface area contributed by atoms with E-state index in [1.165, 1.54) is 44.4 Å². The van der Waals surface area contributed by atoms with Gasteiger partial charge in [0.15, 0.2) is 18.0 Å². The molecule has 1 aromatic heterocycles. The Hall–Kier alpha value is -4.46. The third kappa shape index (κ3) is 11.6. The van der Waals surface area contributed by atoms with E-state index < -0.39 is 66.5 Å². The summed E-state index contributed by atoms with van der Waals surface area (Å²) in [5.41, 5.74) is 2.66. The second-order valence-corrected chi connectivity index (χ2v) is 12.9. The van der Waals surface area contributed by atoms with Crippen LogP contribution in [0.2, 0.25) is 0 Å². The van der Waals surface area contributed by atoms with Gasteiger partial charge in [-0.3, -0.25) is 24.0 Å². The third-order valence-electron chi connectivity index (χ3n) is 7.31. The Labute approximate surface area is 288 Å². The Bertz CT molecular complexity index is 1650. The largest absolute Gasteiger partial charge is 0.463 e. The molecule has 0 unspecified atom stereocenters. The topological polar surface area (TPSA) is 141 Å². The fourth-order valence-corrected chi connectivity index (χ4v) is 5.94. The highest BCUT2D eigenvalue weighted by atomic mass is 32.1. The lowest BCUT2D eigenvalue weighted by Gasteiger charge is -2.38. The van der Waals surface area contributed by atoms with E-state index >= 15 is 0 Å². The average Bonchev–Trinajstić information content (AvgIpc) is 3.49. The van der Waals surface area contributed by atoms with Crippen LogP contribution in [0.5, 0.6) is 0 Å². The van der Waals surface area contributed by atoms with Gasteiger partial charge in [-0.25, -0.2) is 4.39 Å². The van der Waals surface area contributed by atoms with Crippen LogP contribution in [0.15, 0.2) is 54.6 Å². The van der Waals surface area contributed by atoms with Gasteiger partial charge in [-0.2, -0.15) is 0 Å². The number of esters is 4. The number of carbonyl (C=O) groups excluding carboxylic acids is 5. The van der Waals surface area contributed by atoms with Crippen LogP contribution in [0.3, 0.4) is 0 Å². The molecule has 0 amide bonds. The number of hydrogen-bond acceptors (Lipinski definition) is 12. The molecule has 11 nitrogen and oxygen atoms in total. The molecule has 2 aromatic carbocycles. The molecule has 3 rings (SSSR count). The van der Waals surface area contributed by atoms with Gasteiger partial charge in [-0.1, -0.05) is 24.3 Å². The first-order valence-corrected chi connectivity index (χ1v) is 16.2.